The fourth-order valence-corrected chi connectivity index (χ4v) is 0.333. The van der Waals surface area contributed by atoms with Gasteiger partial charge in [0.15, 0.2) is 0 Å². The Hall–Kier alpha value is -0.990. The molecule has 0 aliphatic heterocycles. The SMILES string of the molecule is CC/C=C/CC.NC(=O)O. The first kappa shape index (κ1) is 11.8. The Morgan fingerprint density at radius 3 is 1.70 bits per heavy atom. The third-order valence-corrected chi connectivity index (χ3v) is 0.638. The van der Waals surface area contributed by atoms with E-state index in [1.807, 2.05) is 0 Å². The molecule has 0 aromatic rings. The molecule has 0 aliphatic carbocycles. The second kappa shape index (κ2) is 10.9. The molecule has 1 amide bonds. The number of hydrogen-bond acceptors (Lipinski definition) is 1. The van der Waals surface area contributed by atoms with Gasteiger partial charge in [-0.1, -0.05) is 26.0 Å². The zero-order chi connectivity index (χ0) is 8.41. The Labute approximate surface area is 61.5 Å². The molecule has 3 nitrogen and oxygen atoms in total. The first-order valence-corrected chi connectivity index (χ1v) is 3.28. The summed E-state index contributed by atoms with van der Waals surface area (Å²) < 4.78 is 0. The first-order chi connectivity index (χ1) is 4.65. The van der Waals surface area contributed by atoms with Gasteiger partial charge in [0.1, 0.15) is 0 Å². The fraction of sp³-hybridized carbons (Fsp3) is 0.571. The van der Waals surface area contributed by atoms with Crippen LogP contribution in [0.3, 0.4) is 0 Å². The molecule has 3 heteroatoms. The van der Waals surface area contributed by atoms with Crippen molar-refractivity contribution < 1.29 is 9.90 Å². The molecule has 0 rings (SSSR count). The molecule has 0 saturated carbocycles. The van der Waals surface area contributed by atoms with E-state index < -0.39 is 6.09 Å². The van der Waals surface area contributed by atoms with Crippen molar-refractivity contribution in [2.45, 2.75) is 26.7 Å². The van der Waals surface area contributed by atoms with Gasteiger partial charge in [-0.25, -0.2) is 4.79 Å². The van der Waals surface area contributed by atoms with Crippen LogP contribution in [0.4, 0.5) is 4.79 Å². The summed E-state index contributed by atoms with van der Waals surface area (Å²) in [5.74, 6) is 0. The molecule has 0 radical (unpaired) electrons. The number of carbonyl (C=O) groups is 1. The average Bonchev–Trinajstić information content (AvgIpc) is 1.82. The third-order valence-electron chi connectivity index (χ3n) is 0.638. The van der Waals surface area contributed by atoms with Gasteiger partial charge in [0, 0.05) is 0 Å². The van der Waals surface area contributed by atoms with Crippen LogP contribution in [-0.2, 0) is 0 Å². The van der Waals surface area contributed by atoms with E-state index >= 15 is 0 Å². The quantitative estimate of drug-likeness (QED) is 0.583. The maximum atomic E-state index is 8.78. The summed E-state index contributed by atoms with van der Waals surface area (Å²) in [6.45, 7) is 4.29. The van der Waals surface area contributed by atoms with E-state index in [1.165, 1.54) is 12.8 Å². The van der Waals surface area contributed by atoms with E-state index in [-0.39, 0.29) is 0 Å². The summed E-state index contributed by atoms with van der Waals surface area (Å²) in [4.78, 5) is 8.78. The zero-order valence-corrected chi connectivity index (χ0v) is 6.50. The van der Waals surface area contributed by atoms with Crippen LogP contribution in [0.15, 0.2) is 12.2 Å². The molecule has 0 aromatic heterocycles. The van der Waals surface area contributed by atoms with Gasteiger partial charge < -0.3 is 10.8 Å². The van der Waals surface area contributed by atoms with Crippen molar-refractivity contribution in [2.75, 3.05) is 0 Å². The Morgan fingerprint density at radius 2 is 1.60 bits per heavy atom. The highest BCUT2D eigenvalue weighted by atomic mass is 16.4. The van der Waals surface area contributed by atoms with E-state index in [1.54, 1.807) is 0 Å². The topological polar surface area (TPSA) is 63.3 Å². The predicted octanol–water partition coefficient (Wildman–Crippen LogP) is 1.99. The monoisotopic (exact) mass is 145 g/mol. The molecular weight excluding hydrogens is 130 g/mol. The highest BCUT2D eigenvalue weighted by Crippen LogP contribution is 1.81. The van der Waals surface area contributed by atoms with Crippen LogP contribution in [0.5, 0.6) is 0 Å². The van der Waals surface area contributed by atoms with Crippen molar-refractivity contribution in [1.29, 1.82) is 0 Å². The number of carboxylic acid groups (broad SMARTS) is 1. The highest BCUT2D eigenvalue weighted by Gasteiger charge is 1.65. The lowest BCUT2D eigenvalue weighted by atomic mass is 10.4. The van der Waals surface area contributed by atoms with Crippen LogP contribution >= 0.6 is 0 Å². The molecule has 10 heavy (non-hydrogen) atoms. The first-order valence-electron chi connectivity index (χ1n) is 3.28. The molecule has 0 spiro atoms. The molecule has 0 aliphatic rings. The Balaban J connectivity index is 0. The van der Waals surface area contributed by atoms with Gasteiger partial charge in [-0.05, 0) is 12.8 Å². The van der Waals surface area contributed by atoms with Gasteiger partial charge in [-0.2, -0.15) is 0 Å². The van der Waals surface area contributed by atoms with Crippen LogP contribution < -0.4 is 5.73 Å². The molecular formula is C7H15NO2. The smallest absolute Gasteiger partial charge is 0.402 e. The summed E-state index contributed by atoms with van der Waals surface area (Å²) in [5.41, 5.74) is 4.03. The third kappa shape index (κ3) is 62.7. The zero-order valence-electron chi connectivity index (χ0n) is 6.50. The molecule has 0 atom stereocenters. The van der Waals surface area contributed by atoms with Crippen molar-refractivity contribution in [1.82, 2.24) is 0 Å². The van der Waals surface area contributed by atoms with E-state index in [0.29, 0.717) is 0 Å². The Bertz CT molecular complexity index is 89.8. The molecule has 60 valence electrons. The van der Waals surface area contributed by atoms with Crippen molar-refractivity contribution in [3.8, 4) is 0 Å². The van der Waals surface area contributed by atoms with Gasteiger partial charge in [0.25, 0.3) is 0 Å². The van der Waals surface area contributed by atoms with E-state index in [0.717, 1.165) is 0 Å². The van der Waals surface area contributed by atoms with Crippen LogP contribution in [0, 0.1) is 0 Å². The number of nitrogens with two attached hydrogens (primary N) is 1. The average molecular weight is 145 g/mol. The van der Waals surface area contributed by atoms with E-state index in [2.05, 4.69) is 31.7 Å². The number of hydrogen-bond donors (Lipinski definition) is 2. The largest absolute Gasteiger partial charge is 0.465 e. The number of rotatable bonds is 2. The molecule has 0 bridgehead atoms. The summed E-state index contributed by atoms with van der Waals surface area (Å²) in [5, 5.41) is 7.19. The van der Waals surface area contributed by atoms with Crippen molar-refractivity contribution in [2.24, 2.45) is 5.73 Å². The summed E-state index contributed by atoms with van der Waals surface area (Å²) in [6.07, 6.45) is 5.38. The maximum absolute atomic E-state index is 8.78. The van der Waals surface area contributed by atoms with Gasteiger partial charge in [0.2, 0.25) is 0 Å². The van der Waals surface area contributed by atoms with Crippen LogP contribution in [0.2, 0.25) is 0 Å². The Kier molecular flexibility index (Phi) is 12.8. The molecule has 0 heterocycles. The maximum Gasteiger partial charge on any atom is 0.402 e. The standard InChI is InChI=1S/C6H12.CH3NO2/c1-3-5-6-4-2;2-1(3)4/h5-6H,3-4H2,1-2H3;2H2,(H,3,4)/b6-5+;. The van der Waals surface area contributed by atoms with Gasteiger partial charge >= 0.3 is 6.09 Å². The normalized spacial score (nSPS) is 8.60. The lowest BCUT2D eigenvalue weighted by molar-refractivity contribution is 0.205. The number of allylic oxidation sites excluding steroid dienone is 2. The Morgan fingerprint density at radius 1 is 1.40 bits per heavy atom. The summed E-state index contributed by atoms with van der Waals surface area (Å²) in [7, 11) is 0. The summed E-state index contributed by atoms with van der Waals surface area (Å²) >= 11 is 0. The molecule has 0 saturated heterocycles. The minimum atomic E-state index is -1.33. The van der Waals surface area contributed by atoms with Gasteiger partial charge in [0.05, 0.1) is 0 Å². The minimum Gasteiger partial charge on any atom is -0.465 e. The lowest BCUT2D eigenvalue weighted by Gasteiger charge is -1.72. The van der Waals surface area contributed by atoms with Crippen molar-refractivity contribution in [3.05, 3.63) is 12.2 Å². The second-order valence-corrected chi connectivity index (χ2v) is 1.63. The van der Waals surface area contributed by atoms with Crippen LogP contribution in [0.1, 0.15) is 26.7 Å². The van der Waals surface area contributed by atoms with Crippen LogP contribution in [-0.4, -0.2) is 11.2 Å². The summed E-state index contributed by atoms with van der Waals surface area (Å²) in [6, 6.07) is 0. The van der Waals surface area contributed by atoms with Gasteiger partial charge in [-0.15, -0.1) is 0 Å². The molecule has 0 unspecified atom stereocenters. The molecule has 0 fully saturated rings. The van der Waals surface area contributed by atoms with Gasteiger partial charge in [-0.3, -0.25) is 0 Å². The van der Waals surface area contributed by atoms with Crippen molar-refractivity contribution in [3.63, 3.8) is 0 Å². The molecule has 0 aromatic carbocycles. The minimum absolute atomic E-state index is 1.17. The van der Waals surface area contributed by atoms with E-state index in [9.17, 15) is 0 Å². The lowest BCUT2D eigenvalue weighted by Crippen LogP contribution is -2.03. The highest BCUT2D eigenvalue weighted by molar-refractivity contribution is 5.61. The number of primary amides is 1. The fourth-order valence-electron chi connectivity index (χ4n) is 0.333. The van der Waals surface area contributed by atoms with Crippen LogP contribution in [0.25, 0.3) is 0 Å². The van der Waals surface area contributed by atoms with Crippen molar-refractivity contribution >= 4 is 6.09 Å². The van der Waals surface area contributed by atoms with E-state index in [4.69, 9.17) is 9.90 Å². The number of amides is 1. The predicted molar refractivity (Wildman–Crippen MR) is 41.9 cm³/mol. The molecule has 3 N–H and O–H groups in total. The second-order valence-electron chi connectivity index (χ2n) is 1.63.